The summed E-state index contributed by atoms with van der Waals surface area (Å²) in [7, 11) is -1.60. The van der Waals surface area contributed by atoms with Crippen LogP contribution >= 0.6 is 0 Å². The van der Waals surface area contributed by atoms with Crippen LogP contribution in [0.3, 0.4) is 0 Å². The van der Waals surface area contributed by atoms with Gasteiger partial charge in [0, 0.05) is 12.6 Å². The van der Waals surface area contributed by atoms with E-state index >= 15 is 0 Å². The zero-order valence-corrected chi connectivity index (χ0v) is 16.3. The fourth-order valence-electron chi connectivity index (χ4n) is 3.13. The van der Waals surface area contributed by atoms with E-state index in [9.17, 15) is 17.6 Å². The van der Waals surface area contributed by atoms with Crippen LogP contribution in [0.1, 0.15) is 12.0 Å². The van der Waals surface area contributed by atoms with Crippen LogP contribution in [0.5, 0.6) is 11.5 Å². The molecule has 2 aromatic carbocycles. The minimum atomic E-state index is -3.16. The lowest BCUT2D eigenvalue weighted by atomic mass is 10.1. The maximum Gasteiger partial charge on any atom is 0.261 e. The normalized spacial score (nSPS) is 17.9. The van der Waals surface area contributed by atoms with Gasteiger partial charge in [0.05, 0.1) is 18.6 Å². The molecular weight excluding hydrogens is 385 g/mol. The number of halogens is 1. The molecule has 0 aliphatic carbocycles. The molecule has 0 spiro atoms. The number of carbonyl (C=O) groups excluding carboxylic acids is 1. The lowest BCUT2D eigenvalue weighted by molar-refractivity contribution is -0.136. The second kappa shape index (κ2) is 8.60. The first-order valence-electron chi connectivity index (χ1n) is 8.87. The van der Waals surface area contributed by atoms with Crippen molar-refractivity contribution in [2.75, 3.05) is 25.2 Å². The van der Waals surface area contributed by atoms with E-state index in [4.69, 9.17) is 9.47 Å². The first-order chi connectivity index (χ1) is 13.4. The Labute approximate surface area is 163 Å². The number of ether oxygens (including phenoxy) is 2. The molecular formula is C20H22FNO5S. The molecule has 1 atom stereocenters. The number of rotatable bonds is 7. The first-order valence-corrected chi connectivity index (χ1v) is 10.7. The molecule has 1 amide bonds. The van der Waals surface area contributed by atoms with E-state index in [1.165, 1.54) is 17.0 Å². The van der Waals surface area contributed by atoms with Crippen LogP contribution in [0.2, 0.25) is 0 Å². The maximum atomic E-state index is 13.2. The Balaban J connectivity index is 1.71. The van der Waals surface area contributed by atoms with E-state index in [0.717, 1.165) is 5.56 Å². The minimum Gasteiger partial charge on any atom is -0.497 e. The molecule has 3 rings (SSSR count). The molecule has 1 fully saturated rings. The number of hydrogen-bond acceptors (Lipinski definition) is 5. The number of methoxy groups -OCH3 is 1. The zero-order valence-electron chi connectivity index (χ0n) is 15.5. The summed E-state index contributed by atoms with van der Waals surface area (Å²) in [6, 6.07) is 12.2. The Kier molecular flexibility index (Phi) is 6.18. The molecule has 150 valence electrons. The Hall–Kier alpha value is -2.61. The first kappa shape index (κ1) is 20.1. The molecule has 2 aromatic rings. The minimum absolute atomic E-state index is 0.0597. The molecule has 0 saturated carbocycles. The summed E-state index contributed by atoms with van der Waals surface area (Å²) in [5.41, 5.74) is 0.725. The van der Waals surface area contributed by atoms with E-state index in [2.05, 4.69) is 0 Å². The average Bonchev–Trinajstić information content (AvgIpc) is 3.05. The molecule has 0 aromatic heterocycles. The highest BCUT2D eigenvalue weighted by molar-refractivity contribution is 7.91. The highest BCUT2D eigenvalue weighted by atomic mass is 32.2. The Morgan fingerprint density at radius 1 is 1.11 bits per heavy atom. The van der Waals surface area contributed by atoms with Crippen LogP contribution in [0.25, 0.3) is 0 Å². The lowest BCUT2D eigenvalue weighted by Crippen LogP contribution is -2.43. The van der Waals surface area contributed by atoms with Gasteiger partial charge in [0.15, 0.2) is 16.4 Å². The van der Waals surface area contributed by atoms with Crippen molar-refractivity contribution < 1.29 is 27.1 Å². The summed E-state index contributed by atoms with van der Waals surface area (Å²) in [4.78, 5) is 14.3. The van der Waals surface area contributed by atoms with Crippen molar-refractivity contribution in [3.05, 3.63) is 59.9 Å². The average molecular weight is 407 g/mol. The molecule has 0 bridgehead atoms. The van der Waals surface area contributed by atoms with Gasteiger partial charge >= 0.3 is 0 Å². The van der Waals surface area contributed by atoms with Crippen LogP contribution in [0.15, 0.2) is 48.5 Å². The third-order valence-electron chi connectivity index (χ3n) is 4.66. The second-order valence-electron chi connectivity index (χ2n) is 6.67. The summed E-state index contributed by atoms with van der Waals surface area (Å²) < 4.78 is 47.5. The van der Waals surface area contributed by atoms with E-state index in [0.29, 0.717) is 17.9 Å². The van der Waals surface area contributed by atoms with Crippen molar-refractivity contribution in [2.45, 2.75) is 19.0 Å². The van der Waals surface area contributed by atoms with Gasteiger partial charge in [-0.25, -0.2) is 12.8 Å². The number of amides is 1. The molecule has 8 heteroatoms. The van der Waals surface area contributed by atoms with Crippen molar-refractivity contribution in [3.8, 4) is 11.5 Å². The molecule has 1 aliphatic heterocycles. The molecule has 1 saturated heterocycles. The highest BCUT2D eigenvalue weighted by Gasteiger charge is 2.34. The number of benzene rings is 2. The number of hydrogen-bond donors (Lipinski definition) is 0. The second-order valence-corrected chi connectivity index (χ2v) is 8.90. The van der Waals surface area contributed by atoms with Gasteiger partial charge in [-0.1, -0.05) is 12.1 Å². The number of carbonyl (C=O) groups is 1. The SMILES string of the molecule is COc1ccc(OCC(=O)N(Cc2ccc(F)cc2)[C@@H]2CCS(=O)(=O)C2)cc1. The van der Waals surface area contributed by atoms with E-state index in [1.54, 1.807) is 43.5 Å². The number of nitrogens with zero attached hydrogens (tertiary/aromatic N) is 1. The van der Waals surface area contributed by atoms with Crippen molar-refractivity contribution in [1.29, 1.82) is 0 Å². The van der Waals surface area contributed by atoms with Crippen LogP contribution in [0.4, 0.5) is 4.39 Å². The molecule has 0 radical (unpaired) electrons. The topological polar surface area (TPSA) is 72.9 Å². The predicted octanol–water partition coefficient (Wildman–Crippen LogP) is 2.43. The third kappa shape index (κ3) is 5.22. The molecule has 1 aliphatic rings. The van der Waals surface area contributed by atoms with E-state index in [1.807, 2.05) is 0 Å². The van der Waals surface area contributed by atoms with Gasteiger partial charge in [-0.05, 0) is 48.4 Å². The smallest absolute Gasteiger partial charge is 0.261 e. The highest BCUT2D eigenvalue weighted by Crippen LogP contribution is 2.22. The quantitative estimate of drug-likeness (QED) is 0.705. The summed E-state index contributed by atoms with van der Waals surface area (Å²) in [6.07, 6.45) is 0.387. The van der Waals surface area contributed by atoms with Gasteiger partial charge in [0.25, 0.3) is 5.91 Å². The van der Waals surface area contributed by atoms with Crippen LogP contribution in [-0.2, 0) is 21.2 Å². The summed E-state index contributed by atoms with van der Waals surface area (Å²) in [6.45, 7) is -0.0185. The Bertz CT molecular complexity index is 913. The van der Waals surface area contributed by atoms with Crippen molar-refractivity contribution in [1.82, 2.24) is 4.90 Å². The summed E-state index contributed by atoms with van der Waals surface area (Å²) >= 11 is 0. The van der Waals surface area contributed by atoms with Crippen molar-refractivity contribution >= 4 is 15.7 Å². The predicted molar refractivity (Wildman–Crippen MR) is 102 cm³/mol. The molecule has 0 unspecified atom stereocenters. The van der Waals surface area contributed by atoms with E-state index in [-0.39, 0.29) is 36.4 Å². The molecule has 1 heterocycles. The summed E-state index contributed by atoms with van der Waals surface area (Å²) in [5.74, 6) is 0.491. The monoisotopic (exact) mass is 407 g/mol. The zero-order chi connectivity index (χ0) is 20.1. The maximum absolute atomic E-state index is 13.2. The van der Waals surface area contributed by atoms with Gasteiger partial charge in [0.2, 0.25) is 0 Å². The third-order valence-corrected chi connectivity index (χ3v) is 6.41. The van der Waals surface area contributed by atoms with Crippen LogP contribution in [0, 0.1) is 5.82 Å². The standard InChI is InChI=1S/C20H22FNO5S/c1-26-18-6-8-19(9-7-18)27-13-20(23)22(17-10-11-28(24,25)14-17)12-15-2-4-16(21)5-3-15/h2-9,17H,10-14H2,1H3/t17-/m1/s1. The van der Waals surface area contributed by atoms with Crippen molar-refractivity contribution in [2.24, 2.45) is 0 Å². The van der Waals surface area contributed by atoms with Gasteiger partial charge in [-0.3, -0.25) is 4.79 Å². The Morgan fingerprint density at radius 2 is 1.75 bits per heavy atom. The van der Waals surface area contributed by atoms with Gasteiger partial charge < -0.3 is 14.4 Å². The molecule has 28 heavy (non-hydrogen) atoms. The van der Waals surface area contributed by atoms with Gasteiger partial charge in [0.1, 0.15) is 17.3 Å². The van der Waals surface area contributed by atoms with E-state index < -0.39 is 15.9 Å². The van der Waals surface area contributed by atoms with Gasteiger partial charge in [-0.15, -0.1) is 0 Å². The molecule has 6 nitrogen and oxygen atoms in total. The fraction of sp³-hybridized carbons (Fsp3) is 0.350. The molecule has 0 N–H and O–H groups in total. The van der Waals surface area contributed by atoms with Crippen LogP contribution < -0.4 is 9.47 Å². The van der Waals surface area contributed by atoms with Crippen LogP contribution in [-0.4, -0.2) is 50.5 Å². The number of sulfone groups is 1. The van der Waals surface area contributed by atoms with Gasteiger partial charge in [-0.2, -0.15) is 0 Å². The largest absolute Gasteiger partial charge is 0.497 e. The van der Waals surface area contributed by atoms with Crippen molar-refractivity contribution in [3.63, 3.8) is 0 Å². The fourth-order valence-corrected chi connectivity index (χ4v) is 4.86. The Morgan fingerprint density at radius 3 is 2.32 bits per heavy atom. The summed E-state index contributed by atoms with van der Waals surface area (Å²) in [5, 5.41) is 0. The lowest BCUT2D eigenvalue weighted by Gasteiger charge is -2.28.